The minimum atomic E-state index is -0.889. The number of para-hydroxylation sites is 1. The van der Waals surface area contributed by atoms with Gasteiger partial charge in [0.25, 0.3) is 5.91 Å². The zero-order chi connectivity index (χ0) is 20.7. The van der Waals surface area contributed by atoms with Crippen LogP contribution in [-0.2, 0) is 14.3 Å². The van der Waals surface area contributed by atoms with Crippen LogP contribution in [0.3, 0.4) is 0 Å². The summed E-state index contributed by atoms with van der Waals surface area (Å²) >= 11 is 0. The Bertz CT molecular complexity index is 815. The van der Waals surface area contributed by atoms with Gasteiger partial charge in [-0.2, -0.15) is 0 Å². The van der Waals surface area contributed by atoms with E-state index >= 15 is 0 Å². The largest absolute Gasteiger partial charge is 0.479 e. The van der Waals surface area contributed by atoms with Crippen molar-refractivity contribution in [3.05, 3.63) is 60.2 Å². The molecule has 0 saturated carbocycles. The zero-order valence-electron chi connectivity index (χ0n) is 16.5. The van der Waals surface area contributed by atoms with E-state index in [2.05, 4.69) is 0 Å². The standard InChI is InChI=1S/C22H25NO5/c1-15(2)23(19-8-6-5-7-9-19)21(25)14-27-22(26)17(4)28-20-12-10-18(11-13-20)16(3)24/h5-13,15,17H,14H2,1-4H3. The molecule has 0 aromatic heterocycles. The predicted molar refractivity (Wildman–Crippen MR) is 107 cm³/mol. The third-order valence-corrected chi connectivity index (χ3v) is 4.06. The highest BCUT2D eigenvalue weighted by Gasteiger charge is 2.23. The third-order valence-electron chi connectivity index (χ3n) is 4.06. The molecular formula is C22H25NO5. The molecule has 1 unspecified atom stereocenters. The van der Waals surface area contributed by atoms with Crippen LogP contribution in [0.1, 0.15) is 38.1 Å². The number of carbonyl (C=O) groups excluding carboxylic acids is 3. The van der Waals surface area contributed by atoms with E-state index in [4.69, 9.17) is 9.47 Å². The Labute approximate surface area is 165 Å². The molecule has 28 heavy (non-hydrogen) atoms. The van der Waals surface area contributed by atoms with Crippen LogP contribution in [0.15, 0.2) is 54.6 Å². The van der Waals surface area contributed by atoms with Gasteiger partial charge in [0, 0.05) is 17.3 Å². The Hall–Kier alpha value is -3.15. The molecule has 1 atom stereocenters. The number of nitrogens with zero attached hydrogens (tertiary/aromatic N) is 1. The van der Waals surface area contributed by atoms with E-state index in [9.17, 15) is 14.4 Å². The summed E-state index contributed by atoms with van der Waals surface area (Å²) in [7, 11) is 0. The molecule has 148 valence electrons. The Morgan fingerprint density at radius 2 is 1.54 bits per heavy atom. The quantitative estimate of drug-likeness (QED) is 0.514. The summed E-state index contributed by atoms with van der Waals surface area (Å²) < 4.78 is 10.7. The molecule has 0 spiro atoms. The van der Waals surface area contributed by atoms with Crippen molar-refractivity contribution < 1.29 is 23.9 Å². The van der Waals surface area contributed by atoms with Gasteiger partial charge in [-0.3, -0.25) is 9.59 Å². The molecule has 0 aliphatic heterocycles. The van der Waals surface area contributed by atoms with Crippen molar-refractivity contribution in [2.24, 2.45) is 0 Å². The summed E-state index contributed by atoms with van der Waals surface area (Å²) in [5, 5.41) is 0. The van der Waals surface area contributed by atoms with Crippen LogP contribution in [0.5, 0.6) is 5.75 Å². The first-order valence-electron chi connectivity index (χ1n) is 9.11. The molecule has 6 nitrogen and oxygen atoms in total. The molecular weight excluding hydrogens is 358 g/mol. The summed E-state index contributed by atoms with van der Waals surface area (Å²) in [5.74, 6) is -0.562. The van der Waals surface area contributed by atoms with E-state index in [1.807, 2.05) is 44.2 Å². The topological polar surface area (TPSA) is 72.9 Å². The second kappa shape index (κ2) is 9.69. The fraction of sp³-hybridized carbons (Fsp3) is 0.318. The number of Topliss-reactive ketones (excluding diaryl/α,β-unsaturated/α-hetero) is 1. The monoisotopic (exact) mass is 383 g/mol. The van der Waals surface area contributed by atoms with E-state index in [1.165, 1.54) is 6.92 Å². The fourth-order valence-electron chi connectivity index (χ4n) is 2.66. The van der Waals surface area contributed by atoms with Crippen LogP contribution in [0, 0.1) is 0 Å². The Kier molecular flexibility index (Phi) is 7.32. The molecule has 0 aliphatic rings. The van der Waals surface area contributed by atoms with E-state index in [0.717, 1.165) is 5.69 Å². The molecule has 2 aromatic rings. The minimum Gasteiger partial charge on any atom is -0.479 e. The number of carbonyl (C=O) groups is 3. The minimum absolute atomic E-state index is 0.0503. The smallest absolute Gasteiger partial charge is 0.347 e. The SMILES string of the molecule is CC(=O)c1ccc(OC(C)C(=O)OCC(=O)N(c2ccccc2)C(C)C)cc1. The van der Waals surface area contributed by atoms with Crippen molar-refractivity contribution in [1.82, 2.24) is 0 Å². The maximum Gasteiger partial charge on any atom is 0.347 e. The molecule has 0 heterocycles. The average Bonchev–Trinajstić information content (AvgIpc) is 2.67. The van der Waals surface area contributed by atoms with Crippen molar-refractivity contribution in [1.29, 1.82) is 0 Å². The highest BCUT2D eigenvalue weighted by atomic mass is 16.6. The number of rotatable bonds is 8. The number of hydrogen-bond acceptors (Lipinski definition) is 5. The van der Waals surface area contributed by atoms with E-state index in [-0.39, 0.29) is 24.3 Å². The summed E-state index contributed by atoms with van der Waals surface area (Å²) in [6.45, 7) is 6.43. The molecule has 0 radical (unpaired) electrons. The Morgan fingerprint density at radius 3 is 2.07 bits per heavy atom. The van der Waals surface area contributed by atoms with Gasteiger partial charge in [0.2, 0.25) is 0 Å². The lowest BCUT2D eigenvalue weighted by Crippen LogP contribution is -2.40. The molecule has 6 heteroatoms. The number of ketones is 1. The van der Waals surface area contributed by atoms with Crippen LogP contribution in [-0.4, -0.2) is 36.4 Å². The molecule has 2 aromatic carbocycles. The molecule has 0 fully saturated rings. The maximum atomic E-state index is 12.5. The van der Waals surface area contributed by atoms with E-state index in [0.29, 0.717) is 11.3 Å². The highest BCUT2D eigenvalue weighted by Crippen LogP contribution is 2.17. The first-order valence-corrected chi connectivity index (χ1v) is 9.11. The zero-order valence-corrected chi connectivity index (χ0v) is 16.5. The van der Waals surface area contributed by atoms with Gasteiger partial charge in [-0.1, -0.05) is 18.2 Å². The second-order valence-electron chi connectivity index (χ2n) is 6.64. The first kappa shape index (κ1) is 21.2. The van der Waals surface area contributed by atoms with Gasteiger partial charge in [-0.05, 0) is 64.1 Å². The van der Waals surface area contributed by atoms with Crippen LogP contribution in [0.4, 0.5) is 5.69 Å². The third kappa shape index (κ3) is 5.67. The van der Waals surface area contributed by atoms with Crippen molar-refractivity contribution in [2.75, 3.05) is 11.5 Å². The van der Waals surface area contributed by atoms with Crippen LogP contribution < -0.4 is 9.64 Å². The van der Waals surface area contributed by atoms with Gasteiger partial charge in [-0.15, -0.1) is 0 Å². The van der Waals surface area contributed by atoms with Crippen molar-refractivity contribution in [2.45, 2.75) is 39.8 Å². The number of benzene rings is 2. The average molecular weight is 383 g/mol. The van der Waals surface area contributed by atoms with Crippen molar-refractivity contribution in [3.8, 4) is 5.75 Å². The second-order valence-corrected chi connectivity index (χ2v) is 6.64. The van der Waals surface area contributed by atoms with E-state index in [1.54, 1.807) is 36.1 Å². The molecule has 2 rings (SSSR count). The predicted octanol–water partition coefficient (Wildman–Crippen LogP) is 3.64. The lowest BCUT2D eigenvalue weighted by molar-refractivity contribution is -0.154. The van der Waals surface area contributed by atoms with Crippen LogP contribution >= 0.6 is 0 Å². The number of ether oxygens (including phenoxy) is 2. The summed E-state index contributed by atoms with van der Waals surface area (Å²) in [6, 6.07) is 15.6. The number of anilines is 1. The van der Waals surface area contributed by atoms with Gasteiger partial charge in [0.05, 0.1) is 0 Å². The number of hydrogen-bond donors (Lipinski definition) is 0. The Balaban J connectivity index is 1.92. The molecule has 1 amide bonds. The molecule has 0 aliphatic carbocycles. The van der Waals surface area contributed by atoms with Crippen molar-refractivity contribution in [3.63, 3.8) is 0 Å². The normalized spacial score (nSPS) is 11.6. The lowest BCUT2D eigenvalue weighted by Gasteiger charge is -2.27. The lowest BCUT2D eigenvalue weighted by atomic mass is 10.1. The first-order chi connectivity index (χ1) is 13.3. The fourth-order valence-corrected chi connectivity index (χ4v) is 2.66. The number of amides is 1. The van der Waals surface area contributed by atoms with Crippen LogP contribution in [0.25, 0.3) is 0 Å². The Morgan fingerprint density at radius 1 is 0.929 bits per heavy atom. The van der Waals surface area contributed by atoms with Gasteiger partial charge in [0.15, 0.2) is 18.5 Å². The van der Waals surface area contributed by atoms with Gasteiger partial charge in [0.1, 0.15) is 5.75 Å². The number of esters is 1. The van der Waals surface area contributed by atoms with Gasteiger partial charge in [-0.25, -0.2) is 4.79 Å². The van der Waals surface area contributed by atoms with Crippen LogP contribution in [0.2, 0.25) is 0 Å². The summed E-state index contributed by atoms with van der Waals surface area (Å²) in [5.41, 5.74) is 1.30. The molecule has 0 N–H and O–H groups in total. The summed E-state index contributed by atoms with van der Waals surface area (Å²) in [4.78, 5) is 37.6. The van der Waals surface area contributed by atoms with Crippen molar-refractivity contribution >= 4 is 23.3 Å². The van der Waals surface area contributed by atoms with Gasteiger partial charge >= 0.3 is 5.97 Å². The van der Waals surface area contributed by atoms with E-state index < -0.39 is 12.1 Å². The summed E-state index contributed by atoms with van der Waals surface area (Å²) in [6.07, 6.45) is -0.889. The molecule has 0 bridgehead atoms. The maximum absolute atomic E-state index is 12.5. The van der Waals surface area contributed by atoms with Gasteiger partial charge < -0.3 is 14.4 Å². The molecule has 0 saturated heterocycles. The highest BCUT2D eigenvalue weighted by molar-refractivity contribution is 5.96.